The predicted octanol–water partition coefficient (Wildman–Crippen LogP) is 3.55. The van der Waals surface area contributed by atoms with Crippen molar-refractivity contribution in [3.63, 3.8) is 0 Å². The number of nitrogens with zero attached hydrogens (tertiary/aromatic N) is 2. The number of nitrogens with one attached hydrogen (secondary N) is 1. The lowest BCUT2D eigenvalue weighted by Gasteiger charge is -2.08. The van der Waals surface area contributed by atoms with E-state index in [9.17, 15) is 4.79 Å². The monoisotopic (exact) mass is 325 g/mol. The average molecular weight is 325 g/mol. The van der Waals surface area contributed by atoms with Crippen molar-refractivity contribution >= 4 is 46.5 Å². The van der Waals surface area contributed by atoms with E-state index in [0.717, 1.165) is 26.4 Å². The molecule has 20 heavy (non-hydrogen) atoms. The largest absolute Gasteiger partial charge is 0.325 e. The Morgan fingerprint density at radius 2 is 2.05 bits per heavy atom. The highest BCUT2D eigenvalue weighted by molar-refractivity contribution is 8.03. The second-order valence-electron chi connectivity index (χ2n) is 3.89. The molecule has 0 fully saturated rings. The van der Waals surface area contributed by atoms with E-state index >= 15 is 0 Å². The van der Waals surface area contributed by atoms with Crippen LogP contribution in [0.1, 0.15) is 12.5 Å². The Balaban J connectivity index is 1.89. The summed E-state index contributed by atoms with van der Waals surface area (Å²) in [6.45, 7) is 2.07. The Morgan fingerprint density at radius 3 is 2.75 bits per heavy atom. The van der Waals surface area contributed by atoms with Gasteiger partial charge in [0.25, 0.3) is 0 Å². The fourth-order valence-electron chi connectivity index (χ4n) is 1.60. The molecule has 1 aromatic carbocycles. The number of carbonyl (C=O) groups excluding carboxylic acids is 1. The van der Waals surface area contributed by atoms with E-state index in [0.29, 0.717) is 5.75 Å². The first kappa shape index (κ1) is 15.3. The van der Waals surface area contributed by atoms with Gasteiger partial charge < -0.3 is 5.32 Å². The smallest absolute Gasteiger partial charge is 0.234 e. The molecule has 0 spiro atoms. The van der Waals surface area contributed by atoms with Crippen molar-refractivity contribution in [1.82, 2.24) is 10.2 Å². The van der Waals surface area contributed by atoms with Gasteiger partial charge >= 0.3 is 0 Å². The van der Waals surface area contributed by atoms with Gasteiger partial charge in [-0.05, 0) is 24.3 Å². The first-order chi connectivity index (χ1) is 9.72. The number of aromatic nitrogens is 2. The second kappa shape index (κ2) is 7.66. The third kappa shape index (κ3) is 4.22. The van der Waals surface area contributed by atoms with Crippen LogP contribution in [0.4, 0.5) is 5.69 Å². The average Bonchev–Trinajstić information content (AvgIpc) is 2.94. The van der Waals surface area contributed by atoms with Crippen molar-refractivity contribution in [3.8, 4) is 0 Å². The minimum absolute atomic E-state index is 0.0169. The van der Waals surface area contributed by atoms with E-state index in [4.69, 9.17) is 0 Å². The molecular formula is C13H15N3OS3. The summed E-state index contributed by atoms with van der Waals surface area (Å²) in [6.07, 6.45) is 2.86. The molecule has 0 unspecified atom stereocenters. The number of hydrogen-bond acceptors (Lipinski definition) is 6. The number of benzene rings is 1. The van der Waals surface area contributed by atoms with Crippen LogP contribution in [0.3, 0.4) is 0 Å². The van der Waals surface area contributed by atoms with Gasteiger partial charge in [-0.15, -0.1) is 10.2 Å². The Bertz CT molecular complexity index is 586. The van der Waals surface area contributed by atoms with E-state index in [1.165, 1.54) is 23.1 Å². The van der Waals surface area contributed by atoms with Crippen LogP contribution >= 0.6 is 34.9 Å². The molecule has 4 nitrogen and oxygen atoms in total. The quantitative estimate of drug-likeness (QED) is 0.823. The van der Waals surface area contributed by atoms with Gasteiger partial charge in [-0.1, -0.05) is 60.0 Å². The van der Waals surface area contributed by atoms with Crippen LogP contribution in [0.2, 0.25) is 0 Å². The third-order valence-corrected chi connectivity index (χ3v) is 5.59. The van der Waals surface area contributed by atoms with Crippen LogP contribution < -0.4 is 5.32 Å². The highest BCUT2D eigenvalue weighted by atomic mass is 32.2. The molecule has 106 valence electrons. The fourth-order valence-corrected chi connectivity index (χ4v) is 3.84. The molecule has 1 amide bonds. The molecule has 0 saturated heterocycles. The predicted molar refractivity (Wildman–Crippen MR) is 86.9 cm³/mol. The van der Waals surface area contributed by atoms with Gasteiger partial charge in [0.2, 0.25) is 5.91 Å². The molecule has 0 atom stereocenters. The SMILES string of the molecule is CCc1ccccc1NC(=O)CSc1nnc(SC)s1. The number of hydrogen-bond donors (Lipinski definition) is 1. The van der Waals surface area contributed by atoms with Crippen molar-refractivity contribution < 1.29 is 4.79 Å². The van der Waals surface area contributed by atoms with Crippen molar-refractivity contribution in [3.05, 3.63) is 29.8 Å². The van der Waals surface area contributed by atoms with Crippen molar-refractivity contribution in [2.75, 3.05) is 17.3 Å². The summed E-state index contributed by atoms with van der Waals surface area (Å²) in [5.41, 5.74) is 2.04. The highest BCUT2D eigenvalue weighted by Gasteiger charge is 2.09. The second-order valence-corrected chi connectivity index (χ2v) is 7.14. The van der Waals surface area contributed by atoms with E-state index < -0.39 is 0 Å². The molecule has 2 aromatic rings. The third-order valence-electron chi connectivity index (χ3n) is 2.56. The lowest BCUT2D eigenvalue weighted by atomic mass is 10.1. The molecule has 1 heterocycles. The minimum Gasteiger partial charge on any atom is -0.325 e. The zero-order chi connectivity index (χ0) is 14.4. The van der Waals surface area contributed by atoms with E-state index in [1.54, 1.807) is 11.8 Å². The molecular weight excluding hydrogens is 310 g/mol. The number of amides is 1. The molecule has 0 aliphatic carbocycles. The van der Waals surface area contributed by atoms with Crippen molar-refractivity contribution in [2.24, 2.45) is 0 Å². The van der Waals surface area contributed by atoms with Crippen LogP contribution in [-0.4, -0.2) is 28.1 Å². The number of para-hydroxylation sites is 1. The maximum Gasteiger partial charge on any atom is 0.234 e. The van der Waals surface area contributed by atoms with Crippen molar-refractivity contribution in [1.29, 1.82) is 0 Å². The fraction of sp³-hybridized carbons (Fsp3) is 0.308. The maximum atomic E-state index is 11.9. The van der Waals surface area contributed by atoms with Crippen LogP contribution in [-0.2, 0) is 11.2 Å². The molecule has 1 aromatic heterocycles. The van der Waals surface area contributed by atoms with Crippen LogP contribution in [0.5, 0.6) is 0 Å². The summed E-state index contributed by atoms with van der Waals surface area (Å²) in [6, 6.07) is 7.86. The molecule has 1 N–H and O–H groups in total. The summed E-state index contributed by atoms with van der Waals surface area (Å²) in [5, 5.41) is 11.0. The van der Waals surface area contributed by atoms with Crippen LogP contribution in [0.25, 0.3) is 0 Å². The maximum absolute atomic E-state index is 11.9. The first-order valence-corrected chi connectivity index (χ1v) is 9.13. The normalized spacial score (nSPS) is 10.5. The number of carbonyl (C=O) groups is 1. The molecule has 0 radical (unpaired) electrons. The Hall–Kier alpha value is -1.05. The Kier molecular flexibility index (Phi) is 5.87. The topological polar surface area (TPSA) is 54.9 Å². The standard InChI is InChI=1S/C13H15N3OS3/c1-3-9-6-4-5-7-10(9)14-11(17)8-19-13-16-15-12(18-2)20-13/h4-7H,3,8H2,1-2H3,(H,14,17). The lowest BCUT2D eigenvalue weighted by Crippen LogP contribution is -2.15. The van der Waals surface area contributed by atoms with Gasteiger partial charge in [-0.3, -0.25) is 4.79 Å². The number of anilines is 1. The zero-order valence-electron chi connectivity index (χ0n) is 11.3. The van der Waals surface area contributed by atoms with Crippen LogP contribution in [0.15, 0.2) is 32.9 Å². The highest BCUT2D eigenvalue weighted by Crippen LogP contribution is 2.27. The summed E-state index contributed by atoms with van der Waals surface area (Å²) in [7, 11) is 0. The number of rotatable bonds is 6. The van der Waals surface area contributed by atoms with Gasteiger partial charge in [0, 0.05) is 5.69 Å². The molecule has 7 heteroatoms. The van der Waals surface area contributed by atoms with Gasteiger partial charge in [-0.25, -0.2) is 0 Å². The summed E-state index contributed by atoms with van der Waals surface area (Å²) in [5.74, 6) is 0.331. The zero-order valence-corrected chi connectivity index (χ0v) is 13.7. The number of aryl methyl sites for hydroxylation is 1. The molecule has 0 bridgehead atoms. The van der Waals surface area contributed by atoms with Gasteiger partial charge in [0.05, 0.1) is 5.75 Å². The van der Waals surface area contributed by atoms with Gasteiger partial charge in [0.1, 0.15) is 0 Å². The van der Waals surface area contributed by atoms with E-state index in [-0.39, 0.29) is 5.91 Å². The lowest BCUT2D eigenvalue weighted by molar-refractivity contribution is -0.113. The summed E-state index contributed by atoms with van der Waals surface area (Å²) in [4.78, 5) is 11.9. The minimum atomic E-state index is -0.0169. The summed E-state index contributed by atoms with van der Waals surface area (Å²) < 4.78 is 1.75. The van der Waals surface area contributed by atoms with Gasteiger partial charge in [0.15, 0.2) is 8.68 Å². The molecule has 0 aliphatic heterocycles. The van der Waals surface area contributed by atoms with E-state index in [2.05, 4.69) is 22.4 Å². The van der Waals surface area contributed by atoms with Gasteiger partial charge in [-0.2, -0.15) is 0 Å². The molecule has 0 saturated carbocycles. The Morgan fingerprint density at radius 1 is 1.30 bits per heavy atom. The summed E-state index contributed by atoms with van der Waals surface area (Å²) >= 11 is 4.49. The molecule has 0 aliphatic rings. The Labute approximate surface area is 130 Å². The molecule has 2 rings (SSSR count). The van der Waals surface area contributed by atoms with E-state index in [1.807, 2.05) is 30.5 Å². The van der Waals surface area contributed by atoms with Crippen molar-refractivity contribution in [2.45, 2.75) is 22.0 Å². The first-order valence-electron chi connectivity index (χ1n) is 6.11. The van der Waals surface area contributed by atoms with Crippen LogP contribution in [0, 0.1) is 0 Å². The number of thioether (sulfide) groups is 2.